The van der Waals surface area contributed by atoms with E-state index in [-0.39, 0.29) is 32.0 Å². The lowest BCUT2D eigenvalue weighted by molar-refractivity contribution is -0.870. The maximum absolute atomic E-state index is 12.7. The molecule has 0 saturated carbocycles. The Bertz CT molecular complexity index is 1060. The Morgan fingerprint density at radius 2 is 0.864 bits per heavy atom. The maximum Gasteiger partial charge on any atom is 0.306 e. The summed E-state index contributed by atoms with van der Waals surface area (Å²) < 4.78 is 34.0. The fourth-order valence-corrected chi connectivity index (χ4v) is 7.55. The molecular weight excluding hydrogens is 762 g/mol. The van der Waals surface area contributed by atoms with E-state index in [2.05, 4.69) is 38.2 Å². The number of allylic oxidation sites excluding steroid dienone is 4. The van der Waals surface area contributed by atoms with Gasteiger partial charge in [0.25, 0.3) is 7.82 Å². The molecule has 0 aliphatic rings. The van der Waals surface area contributed by atoms with Gasteiger partial charge in [-0.1, -0.05) is 173 Å². The van der Waals surface area contributed by atoms with Crippen molar-refractivity contribution in [2.75, 3.05) is 47.5 Å². The molecular formula is C49H94NO8P. The summed E-state index contributed by atoms with van der Waals surface area (Å²) in [6.07, 6.45) is 46.3. The summed E-state index contributed by atoms with van der Waals surface area (Å²) in [4.78, 5) is 37.6. The highest BCUT2D eigenvalue weighted by molar-refractivity contribution is 7.45. The molecule has 348 valence electrons. The van der Waals surface area contributed by atoms with Gasteiger partial charge in [-0.3, -0.25) is 14.2 Å². The normalized spacial score (nSPS) is 13.7. The maximum atomic E-state index is 12.7. The third-order valence-corrected chi connectivity index (χ3v) is 11.7. The van der Waals surface area contributed by atoms with Crippen LogP contribution in [0.15, 0.2) is 24.3 Å². The summed E-state index contributed by atoms with van der Waals surface area (Å²) in [5, 5.41) is 0. The molecule has 0 aliphatic carbocycles. The molecule has 2 atom stereocenters. The van der Waals surface area contributed by atoms with Gasteiger partial charge in [0.2, 0.25) is 0 Å². The lowest BCUT2D eigenvalue weighted by Crippen LogP contribution is -2.37. The minimum absolute atomic E-state index is 0.0309. The van der Waals surface area contributed by atoms with Crippen LogP contribution in [-0.2, 0) is 32.7 Å². The Labute approximate surface area is 364 Å². The molecule has 0 radical (unpaired) electrons. The monoisotopic (exact) mass is 856 g/mol. The van der Waals surface area contributed by atoms with Gasteiger partial charge in [0, 0.05) is 12.8 Å². The first-order chi connectivity index (χ1) is 28.5. The van der Waals surface area contributed by atoms with Crippen LogP contribution >= 0.6 is 7.82 Å². The molecule has 0 fully saturated rings. The molecule has 0 bridgehead atoms. The Morgan fingerprint density at radius 3 is 1.25 bits per heavy atom. The molecule has 1 unspecified atom stereocenters. The summed E-state index contributed by atoms with van der Waals surface area (Å²) in [5.41, 5.74) is 0. The van der Waals surface area contributed by atoms with Crippen molar-refractivity contribution < 1.29 is 42.1 Å². The quantitative estimate of drug-likeness (QED) is 0.0196. The van der Waals surface area contributed by atoms with Crippen LogP contribution in [0.4, 0.5) is 0 Å². The second kappa shape index (κ2) is 41.8. The summed E-state index contributed by atoms with van der Waals surface area (Å²) in [6.45, 7) is 4.23. The Morgan fingerprint density at radius 1 is 0.508 bits per heavy atom. The number of esters is 2. The van der Waals surface area contributed by atoms with E-state index >= 15 is 0 Å². The zero-order chi connectivity index (χ0) is 43.6. The highest BCUT2D eigenvalue weighted by Crippen LogP contribution is 2.38. The number of phosphoric ester groups is 1. The zero-order valence-corrected chi connectivity index (χ0v) is 40.1. The van der Waals surface area contributed by atoms with Gasteiger partial charge in [0.05, 0.1) is 27.7 Å². The van der Waals surface area contributed by atoms with Crippen LogP contribution in [0.25, 0.3) is 0 Å². The molecule has 59 heavy (non-hydrogen) atoms. The number of carbonyl (C=O) groups is 2. The first-order valence-corrected chi connectivity index (χ1v) is 26.0. The predicted octanol–water partition coefficient (Wildman–Crippen LogP) is 13.7. The zero-order valence-electron chi connectivity index (χ0n) is 39.2. The molecule has 10 heteroatoms. The third-order valence-electron chi connectivity index (χ3n) is 10.7. The second-order valence-corrected chi connectivity index (χ2v) is 19.2. The van der Waals surface area contributed by atoms with Gasteiger partial charge in [0.1, 0.15) is 19.8 Å². The van der Waals surface area contributed by atoms with Crippen molar-refractivity contribution in [3.8, 4) is 0 Å². The average Bonchev–Trinajstić information content (AvgIpc) is 3.19. The Hall–Kier alpha value is -1.51. The number of rotatable bonds is 45. The number of ether oxygens (including phenoxy) is 2. The number of phosphoric acid groups is 1. The van der Waals surface area contributed by atoms with Crippen LogP contribution in [0, 0.1) is 0 Å². The van der Waals surface area contributed by atoms with Crippen LogP contribution in [0.3, 0.4) is 0 Å². The Balaban J connectivity index is 4.23. The van der Waals surface area contributed by atoms with E-state index in [4.69, 9.17) is 18.5 Å². The number of quaternary nitrogens is 1. The van der Waals surface area contributed by atoms with Crippen LogP contribution in [0.5, 0.6) is 0 Å². The van der Waals surface area contributed by atoms with Crippen molar-refractivity contribution in [1.29, 1.82) is 0 Å². The summed E-state index contributed by atoms with van der Waals surface area (Å²) >= 11 is 0. The predicted molar refractivity (Wildman–Crippen MR) is 245 cm³/mol. The molecule has 0 saturated heterocycles. The van der Waals surface area contributed by atoms with E-state index in [0.717, 1.165) is 51.4 Å². The van der Waals surface area contributed by atoms with Crippen molar-refractivity contribution in [3.63, 3.8) is 0 Å². The standard InChI is InChI=1S/C49H94NO8P/c1-6-8-10-12-14-16-18-20-22-23-24-25-26-27-28-30-31-33-35-37-39-41-48(51)55-45-47(46-57-59(53,54)56-44-43-50(3,4)5)58-49(52)42-40-38-36-34-32-29-21-19-17-15-13-11-9-7-2/h19-22,47H,6-18,23-46H2,1-5H3/b21-19+,22-20+/t47-/m0/s1. The topological polar surface area (TPSA) is 111 Å². The van der Waals surface area contributed by atoms with Gasteiger partial charge in [-0.2, -0.15) is 0 Å². The number of likely N-dealkylation sites (N-methyl/N-ethyl adjacent to an activating group) is 1. The van der Waals surface area contributed by atoms with Gasteiger partial charge < -0.3 is 27.9 Å². The summed E-state index contributed by atoms with van der Waals surface area (Å²) in [6, 6.07) is 0. The van der Waals surface area contributed by atoms with Crippen molar-refractivity contribution in [2.24, 2.45) is 0 Å². The molecule has 9 nitrogen and oxygen atoms in total. The molecule has 0 aromatic heterocycles. The average molecular weight is 856 g/mol. The lowest BCUT2D eigenvalue weighted by atomic mass is 10.0. The molecule has 0 aliphatic heterocycles. The molecule has 0 amide bonds. The SMILES string of the molecule is CCCCCCC/C=C/CCCCCCCC(=O)O[C@@H](COC(=O)CCCCCCCCCCCCC/C=C/CCCCCCCC)COP(=O)([O-])OCC[N+](C)(C)C. The molecule has 0 N–H and O–H groups in total. The molecule has 0 aromatic rings. The number of hydrogen-bond acceptors (Lipinski definition) is 8. The molecule has 0 heterocycles. The lowest BCUT2D eigenvalue weighted by Gasteiger charge is -2.28. The van der Waals surface area contributed by atoms with E-state index < -0.39 is 26.5 Å². The molecule has 0 rings (SSSR count). The van der Waals surface area contributed by atoms with Crippen molar-refractivity contribution in [1.82, 2.24) is 0 Å². The van der Waals surface area contributed by atoms with Crippen LogP contribution in [-0.4, -0.2) is 70.0 Å². The number of nitrogens with zero attached hydrogens (tertiary/aromatic N) is 1. The van der Waals surface area contributed by atoms with Gasteiger partial charge >= 0.3 is 11.9 Å². The third kappa shape index (κ3) is 45.8. The highest BCUT2D eigenvalue weighted by Gasteiger charge is 2.21. The van der Waals surface area contributed by atoms with Crippen LogP contribution in [0.1, 0.15) is 226 Å². The smallest absolute Gasteiger partial charge is 0.306 e. The van der Waals surface area contributed by atoms with Gasteiger partial charge in [-0.15, -0.1) is 0 Å². The van der Waals surface area contributed by atoms with Crippen molar-refractivity contribution in [2.45, 2.75) is 232 Å². The van der Waals surface area contributed by atoms with E-state index in [0.29, 0.717) is 17.4 Å². The number of hydrogen-bond donors (Lipinski definition) is 0. The van der Waals surface area contributed by atoms with Gasteiger partial charge in [-0.25, -0.2) is 0 Å². The first kappa shape index (κ1) is 57.5. The summed E-state index contributed by atoms with van der Waals surface area (Å²) in [5.74, 6) is -0.837. The largest absolute Gasteiger partial charge is 0.756 e. The van der Waals surface area contributed by atoms with Crippen LogP contribution < -0.4 is 4.89 Å². The van der Waals surface area contributed by atoms with E-state index in [1.165, 1.54) is 141 Å². The van der Waals surface area contributed by atoms with E-state index in [1.807, 2.05) is 21.1 Å². The van der Waals surface area contributed by atoms with Crippen LogP contribution in [0.2, 0.25) is 0 Å². The number of unbranched alkanes of at least 4 members (excludes halogenated alkanes) is 27. The van der Waals surface area contributed by atoms with Crippen molar-refractivity contribution in [3.05, 3.63) is 24.3 Å². The fourth-order valence-electron chi connectivity index (χ4n) is 6.82. The fraction of sp³-hybridized carbons (Fsp3) is 0.878. The number of carbonyl (C=O) groups excluding carboxylic acids is 2. The molecule has 0 spiro atoms. The van der Waals surface area contributed by atoms with E-state index in [1.54, 1.807) is 0 Å². The van der Waals surface area contributed by atoms with Gasteiger partial charge in [0.15, 0.2) is 6.10 Å². The minimum Gasteiger partial charge on any atom is -0.756 e. The minimum atomic E-state index is -4.63. The first-order valence-electron chi connectivity index (χ1n) is 24.5. The summed E-state index contributed by atoms with van der Waals surface area (Å²) in [7, 11) is 1.17. The second-order valence-electron chi connectivity index (χ2n) is 17.8. The van der Waals surface area contributed by atoms with E-state index in [9.17, 15) is 19.0 Å². The molecule has 0 aromatic carbocycles. The Kier molecular flexibility index (Phi) is 40.8. The van der Waals surface area contributed by atoms with Gasteiger partial charge in [-0.05, 0) is 64.2 Å². The van der Waals surface area contributed by atoms with Crippen molar-refractivity contribution >= 4 is 19.8 Å². The highest BCUT2D eigenvalue weighted by atomic mass is 31.2.